The van der Waals surface area contributed by atoms with Gasteiger partial charge in [0.25, 0.3) is 0 Å². The SMILES string of the molecule is COc1ccc(CN(C)c2ccc(S(=O)(=O)N3CCN(C)CC3)cn2)c(OC)c1OC. The Labute approximate surface area is 184 Å². The molecule has 0 N–H and O–H groups in total. The standard InChI is InChI=1S/C21H30N4O5S/c1-23-10-12-25(13-11-23)31(26,27)17-7-9-19(22-14-17)24(2)15-16-6-8-18(28-3)21(30-5)20(16)29-4/h6-9,14H,10-13,15H2,1-5H3. The van der Waals surface area contributed by atoms with Crippen LogP contribution < -0.4 is 19.1 Å². The van der Waals surface area contributed by atoms with E-state index in [0.29, 0.717) is 42.7 Å². The number of ether oxygens (including phenoxy) is 3. The lowest BCUT2D eigenvalue weighted by molar-refractivity contribution is 0.222. The van der Waals surface area contributed by atoms with Crippen molar-refractivity contribution >= 4 is 15.8 Å². The summed E-state index contributed by atoms with van der Waals surface area (Å²) in [5.74, 6) is 2.34. The zero-order valence-corrected chi connectivity index (χ0v) is 19.5. The van der Waals surface area contributed by atoms with Crippen molar-refractivity contribution in [2.75, 3.05) is 66.5 Å². The molecule has 1 saturated heterocycles. The van der Waals surface area contributed by atoms with Gasteiger partial charge in [0.15, 0.2) is 11.5 Å². The van der Waals surface area contributed by atoms with Crippen LogP contribution in [0, 0.1) is 0 Å². The van der Waals surface area contributed by atoms with Crippen LogP contribution in [0.3, 0.4) is 0 Å². The molecule has 170 valence electrons. The van der Waals surface area contributed by atoms with Gasteiger partial charge in [0.2, 0.25) is 15.8 Å². The van der Waals surface area contributed by atoms with Crippen molar-refractivity contribution in [3.05, 3.63) is 36.0 Å². The molecule has 0 aliphatic carbocycles. The van der Waals surface area contributed by atoms with Gasteiger partial charge < -0.3 is 24.0 Å². The van der Waals surface area contributed by atoms with E-state index in [1.165, 1.54) is 10.5 Å². The first kappa shape index (κ1) is 23.1. The minimum absolute atomic E-state index is 0.206. The Hall–Kier alpha value is -2.56. The smallest absolute Gasteiger partial charge is 0.244 e. The number of benzene rings is 1. The molecule has 2 aromatic rings. The Bertz CT molecular complexity index is 990. The van der Waals surface area contributed by atoms with Gasteiger partial charge in [0.1, 0.15) is 10.7 Å². The molecule has 0 spiro atoms. The number of piperazine rings is 1. The first-order valence-electron chi connectivity index (χ1n) is 9.95. The van der Waals surface area contributed by atoms with Crippen LogP contribution in [0.15, 0.2) is 35.4 Å². The van der Waals surface area contributed by atoms with Gasteiger partial charge >= 0.3 is 0 Å². The van der Waals surface area contributed by atoms with Crippen molar-refractivity contribution in [3.8, 4) is 17.2 Å². The van der Waals surface area contributed by atoms with Crippen LogP contribution in [-0.2, 0) is 16.6 Å². The van der Waals surface area contributed by atoms with E-state index in [-0.39, 0.29) is 4.90 Å². The number of hydrogen-bond donors (Lipinski definition) is 0. The lowest BCUT2D eigenvalue weighted by Gasteiger charge is -2.31. The maximum atomic E-state index is 12.9. The molecule has 9 nitrogen and oxygen atoms in total. The molecular weight excluding hydrogens is 420 g/mol. The average molecular weight is 451 g/mol. The first-order valence-corrected chi connectivity index (χ1v) is 11.4. The Kier molecular flexibility index (Phi) is 7.24. The van der Waals surface area contributed by atoms with E-state index >= 15 is 0 Å². The molecule has 3 rings (SSSR count). The molecule has 31 heavy (non-hydrogen) atoms. The maximum absolute atomic E-state index is 12.9. The number of pyridine rings is 1. The molecule has 0 bridgehead atoms. The lowest BCUT2D eigenvalue weighted by atomic mass is 10.1. The molecular formula is C21H30N4O5S. The number of rotatable bonds is 8. The predicted octanol–water partition coefficient (Wildman–Crippen LogP) is 1.68. The summed E-state index contributed by atoms with van der Waals surface area (Å²) < 4.78 is 43.6. The molecule has 1 aromatic heterocycles. The Balaban J connectivity index is 1.77. The largest absolute Gasteiger partial charge is 0.493 e. The number of likely N-dealkylation sites (N-methyl/N-ethyl adjacent to an activating group) is 1. The van der Waals surface area contributed by atoms with Crippen LogP contribution in [0.25, 0.3) is 0 Å². The lowest BCUT2D eigenvalue weighted by Crippen LogP contribution is -2.47. The molecule has 1 aliphatic heterocycles. The van der Waals surface area contributed by atoms with Crippen LogP contribution >= 0.6 is 0 Å². The quantitative estimate of drug-likeness (QED) is 0.601. The molecule has 0 amide bonds. The van der Waals surface area contributed by atoms with Crippen molar-refractivity contribution in [2.45, 2.75) is 11.4 Å². The predicted molar refractivity (Wildman–Crippen MR) is 119 cm³/mol. The topological polar surface area (TPSA) is 84.4 Å². The molecule has 10 heteroatoms. The highest BCUT2D eigenvalue weighted by molar-refractivity contribution is 7.89. The molecule has 0 saturated carbocycles. The number of methoxy groups -OCH3 is 3. The monoisotopic (exact) mass is 450 g/mol. The number of anilines is 1. The highest BCUT2D eigenvalue weighted by atomic mass is 32.2. The zero-order valence-electron chi connectivity index (χ0n) is 18.7. The Morgan fingerprint density at radius 2 is 1.65 bits per heavy atom. The summed E-state index contributed by atoms with van der Waals surface area (Å²) in [5.41, 5.74) is 0.888. The Morgan fingerprint density at radius 3 is 2.19 bits per heavy atom. The van der Waals surface area contributed by atoms with E-state index in [4.69, 9.17) is 14.2 Å². The number of nitrogens with zero attached hydrogens (tertiary/aromatic N) is 4. The van der Waals surface area contributed by atoms with Crippen LogP contribution in [0.4, 0.5) is 5.82 Å². The van der Waals surface area contributed by atoms with E-state index in [1.54, 1.807) is 33.5 Å². The third-order valence-corrected chi connectivity index (χ3v) is 7.29. The fraction of sp³-hybridized carbons (Fsp3) is 0.476. The summed E-state index contributed by atoms with van der Waals surface area (Å²) in [6.45, 7) is 2.90. The summed E-state index contributed by atoms with van der Waals surface area (Å²) in [7, 11) is 5.05. The van der Waals surface area contributed by atoms with E-state index in [0.717, 1.165) is 18.7 Å². The van der Waals surface area contributed by atoms with Crippen LogP contribution in [0.1, 0.15) is 5.56 Å². The second-order valence-corrected chi connectivity index (χ2v) is 9.35. The van der Waals surface area contributed by atoms with Crippen LogP contribution in [-0.4, -0.2) is 84.2 Å². The van der Waals surface area contributed by atoms with Crippen molar-refractivity contribution < 1.29 is 22.6 Å². The first-order chi connectivity index (χ1) is 14.8. The fourth-order valence-electron chi connectivity index (χ4n) is 3.55. The van der Waals surface area contributed by atoms with E-state index in [9.17, 15) is 8.42 Å². The fourth-order valence-corrected chi connectivity index (χ4v) is 4.92. The molecule has 2 heterocycles. The van der Waals surface area contributed by atoms with Gasteiger partial charge in [-0.25, -0.2) is 13.4 Å². The molecule has 0 unspecified atom stereocenters. The third-order valence-electron chi connectivity index (χ3n) is 5.41. The number of hydrogen-bond acceptors (Lipinski definition) is 8. The maximum Gasteiger partial charge on any atom is 0.244 e. The number of sulfonamides is 1. The zero-order chi connectivity index (χ0) is 22.6. The van der Waals surface area contributed by atoms with Gasteiger partial charge in [0.05, 0.1) is 21.3 Å². The minimum atomic E-state index is -3.54. The molecule has 0 radical (unpaired) electrons. The van der Waals surface area contributed by atoms with Crippen molar-refractivity contribution in [3.63, 3.8) is 0 Å². The molecule has 0 atom stereocenters. The molecule has 1 aliphatic rings. The van der Waals surface area contributed by atoms with Gasteiger partial charge in [-0.2, -0.15) is 4.31 Å². The van der Waals surface area contributed by atoms with Gasteiger partial charge in [0, 0.05) is 51.5 Å². The van der Waals surface area contributed by atoms with Crippen molar-refractivity contribution in [1.29, 1.82) is 0 Å². The van der Waals surface area contributed by atoms with Gasteiger partial charge in [-0.15, -0.1) is 0 Å². The summed E-state index contributed by atoms with van der Waals surface area (Å²) in [6.07, 6.45) is 1.42. The minimum Gasteiger partial charge on any atom is -0.493 e. The van der Waals surface area contributed by atoms with Crippen LogP contribution in [0.5, 0.6) is 17.2 Å². The molecule has 1 aromatic carbocycles. The number of aromatic nitrogens is 1. The Morgan fingerprint density at radius 1 is 0.968 bits per heavy atom. The average Bonchev–Trinajstić information content (AvgIpc) is 2.78. The van der Waals surface area contributed by atoms with Gasteiger partial charge in [-0.05, 0) is 31.3 Å². The molecule has 1 fully saturated rings. The normalized spacial score (nSPS) is 15.5. The summed E-state index contributed by atoms with van der Waals surface area (Å²) in [5, 5.41) is 0. The van der Waals surface area contributed by atoms with E-state index in [1.807, 2.05) is 31.1 Å². The second kappa shape index (κ2) is 9.71. The van der Waals surface area contributed by atoms with Crippen LogP contribution in [0.2, 0.25) is 0 Å². The van der Waals surface area contributed by atoms with E-state index < -0.39 is 10.0 Å². The summed E-state index contributed by atoms with van der Waals surface area (Å²) in [6, 6.07) is 7.06. The third kappa shape index (κ3) is 4.86. The second-order valence-electron chi connectivity index (χ2n) is 7.41. The van der Waals surface area contributed by atoms with E-state index in [2.05, 4.69) is 9.88 Å². The summed E-state index contributed by atoms with van der Waals surface area (Å²) >= 11 is 0. The highest BCUT2D eigenvalue weighted by Crippen LogP contribution is 2.40. The van der Waals surface area contributed by atoms with Gasteiger partial charge in [-0.1, -0.05) is 0 Å². The van der Waals surface area contributed by atoms with Crippen molar-refractivity contribution in [1.82, 2.24) is 14.2 Å². The van der Waals surface area contributed by atoms with Crippen molar-refractivity contribution in [2.24, 2.45) is 0 Å². The van der Waals surface area contributed by atoms with Gasteiger partial charge in [-0.3, -0.25) is 0 Å². The highest BCUT2D eigenvalue weighted by Gasteiger charge is 2.28. The summed E-state index contributed by atoms with van der Waals surface area (Å²) in [4.78, 5) is 8.63.